The molecule has 3 rings (SSSR count). The molecular weight excluding hydrogens is 276 g/mol. The van der Waals surface area contributed by atoms with Gasteiger partial charge in [0, 0.05) is 30.5 Å². The van der Waals surface area contributed by atoms with E-state index in [0.29, 0.717) is 26.1 Å². The molecule has 0 spiro atoms. The summed E-state index contributed by atoms with van der Waals surface area (Å²) in [5, 5.41) is 13.1. The highest BCUT2D eigenvalue weighted by Gasteiger charge is 2.44. The number of nitrogens with zero attached hydrogens (tertiary/aromatic N) is 1. The van der Waals surface area contributed by atoms with Crippen molar-refractivity contribution >= 4 is 6.03 Å². The first-order chi connectivity index (χ1) is 10.4. The van der Waals surface area contributed by atoms with Gasteiger partial charge in [0.05, 0.1) is 6.10 Å². The molecule has 2 aliphatic rings. The fourth-order valence-electron chi connectivity index (χ4n) is 3.39. The number of carbonyl (C=O) groups excluding carboxylic acids is 1. The number of benzene rings is 1. The molecule has 4 heteroatoms. The lowest BCUT2D eigenvalue weighted by Crippen LogP contribution is -2.54. The standard InChI is InChI=1S/C18H26N2O2/c1-17(2)13-20(11-8-15(17)21)16(22)19-12-18(9-10-18)14-6-4-3-5-7-14/h3-7,15,21H,8-13H2,1-2H3,(H,19,22). The third-order valence-corrected chi connectivity index (χ3v) is 5.28. The van der Waals surface area contributed by atoms with E-state index < -0.39 is 0 Å². The summed E-state index contributed by atoms with van der Waals surface area (Å²) in [6.45, 7) is 5.98. The van der Waals surface area contributed by atoms with Gasteiger partial charge in [0.2, 0.25) is 0 Å². The maximum atomic E-state index is 12.4. The van der Waals surface area contributed by atoms with Gasteiger partial charge in [-0.25, -0.2) is 4.79 Å². The summed E-state index contributed by atoms with van der Waals surface area (Å²) in [7, 11) is 0. The number of likely N-dealkylation sites (tertiary alicyclic amines) is 1. The molecule has 22 heavy (non-hydrogen) atoms. The predicted molar refractivity (Wildman–Crippen MR) is 86.7 cm³/mol. The van der Waals surface area contributed by atoms with Crippen molar-refractivity contribution in [3.8, 4) is 0 Å². The summed E-state index contributed by atoms with van der Waals surface area (Å²) in [5.41, 5.74) is 1.23. The normalized spacial score (nSPS) is 25.6. The molecule has 1 heterocycles. The van der Waals surface area contributed by atoms with E-state index in [1.807, 2.05) is 24.8 Å². The second kappa shape index (κ2) is 5.58. The van der Waals surface area contributed by atoms with Crippen LogP contribution in [0.25, 0.3) is 0 Å². The van der Waals surface area contributed by atoms with E-state index in [-0.39, 0.29) is 23.0 Å². The average Bonchev–Trinajstić information content (AvgIpc) is 3.30. The summed E-state index contributed by atoms with van der Waals surface area (Å²) in [6.07, 6.45) is 2.61. The van der Waals surface area contributed by atoms with Crippen molar-refractivity contribution in [1.29, 1.82) is 0 Å². The Morgan fingerprint density at radius 3 is 2.59 bits per heavy atom. The van der Waals surface area contributed by atoms with Crippen LogP contribution in [0.15, 0.2) is 30.3 Å². The van der Waals surface area contributed by atoms with Gasteiger partial charge >= 0.3 is 6.03 Å². The molecule has 1 atom stereocenters. The number of carbonyl (C=O) groups is 1. The van der Waals surface area contributed by atoms with Crippen molar-refractivity contribution < 1.29 is 9.90 Å². The minimum atomic E-state index is -0.323. The maximum absolute atomic E-state index is 12.4. The lowest BCUT2D eigenvalue weighted by atomic mass is 9.81. The number of nitrogens with one attached hydrogen (secondary N) is 1. The number of hydrogen-bond donors (Lipinski definition) is 2. The first-order valence-corrected chi connectivity index (χ1v) is 8.19. The molecule has 0 aromatic heterocycles. The molecule has 0 radical (unpaired) electrons. The van der Waals surface area contributed by atoms with E-state index >= 15 is 0 Å². The Labute approximate surface area is 132 Å². The molecule has 2 fully saturated rings. The molecule has 1 aromatic carbocycles. The monoisotopic (exact) mass is 302 g/mol. The molecule has 1 saturated carbocycles. The van der Waals surface area contributed by atoms with Crippen LogP contribution in [0.5, 0.6) is 0 Å². The van der Waals surface area contributed by atoms with E-state index in [9.17, 15) is 9.90 Å². The number of aliphatic hydroxyl groups excluding tert-OH is 1. The Bertz CT molecular complexity index is 537. The highest BCUT2D eigenvalue weighted by Crippen LogP contribution is 2.47. The molecule has 1 aromatic rings. The van der Waals surface area contributed by atoms with Crippen LogP contribution in [0.1, 0.15) is 38.7 Å². The number of piperidine rings is 1. The fraction of sp³-hybridized carbons (Fsp3) is 0.611. The summed E-state index contributed by atoms with van der Waals surface area (Å²) in [4.78, 5) is 14.3. The van der Waals surface area contributed by atoms with Crippen LogP contribution in [-0.2, 0) is 5.41 Å². The van der Waals surface area contributed by atoms with Gasteiger partial charge in [0.15, 0.2) is 0 Å². The van der Waals surface area contributed by atoms with Crippen molar-refractivity contribution in [3.63, 3.8) is 0 Å². The Hall–Kier alpha value is -1.55. The van der Waals surface area contributed by atoms with Crippen LogP contribution < -0.4 is 5.32 Å². The molecule has 2 N–H and O–H groups in total. The quantitative estimate of drug-likeness (QED) is 0.901. The summed E-state index contributed by atoms with van der Waals surface area (Å²) < 4.78 is 0. The van der Waals surface area contributed by atoms with Gasteiger partial charge in [0.1, 0.15) is 0 Å². The molecule has 120 valence electrons. The van der Waals surface area contributed by atoms with E-state index in [4.69, 9.17) is 0 Å². The molecule has 2 amide bonds. The Morgan fingerprint density at radius 1 is 1.32 bits per heavy atom. The van der Waals surface area contributed by atoms with Crippen LogP contribution in [0.4, 0.5) is 4.79 Å². The van der Waals surface area contributed by atoms with Crippen LogP contribution in [0, 0.1) is 5.41 Å². The first-order valence-electron chi connectivity index (χ1n) is 8.19. The minimum Gasteiger partial charge on any atom is -0.392 e. The lowest BCUT2D eigenvalue weighted by molar-refractivity contribution is -0.0114. The van der Waals surface area contributed by atoms with Crippen molar-refractivity contribution in [3.05, 3.63) is 35.9 Å². The maximum Gasteiger partial charge on any atom is 0.317 e. The van der Waals surface area contributed by atoms with Gasteiger partial charge in [-0.15, -0.1) is 0 Å². The highest BCUT2D eigenvalue weighted by atomic mass is 16.3. The van der Waals surface area contributed by atoms with Crippen molar-refractivity contribution in [2.45, 2.75) is 44.6 Å². The largest absolute Gasteiger partial charge is 0.392 e. The van der Waals surface area contributed by atoms with E-state index in [0.717, 1.165) is 12.8 Å². The highest BCUT2D eigenvalue weighted by molar-refractivity contribution is 5.74. The fourth-order valence-corrected chi connectivity index (χ4v) is 3.39. The van der Waals surface area contributed by atoms with E-state index in [1.54, 1.807) is 0 Å². The van der Waals surface area contributed by atoms with Crippen LogP contribution >= 0.6 is 0 Å². The smallest absolute Gasteiger partial charge is 0.317 e. The van der Waals surface area contributed by atoms with E-state index in [1.165, 1.54) is 5.56 Å². The van der Waals surface area contributed by atoms with Crippen LogP contribution in [0.2, 0.25) is 0 Å². The van der Waals surface area contributed by atoms with Crippen molar-refractivity contribution in [2.75, 3.05) is 19.6 Å². The van der Waals surface area contributed by atoms with Gasteiger partial charge < -0.3 is 15.3 Å². The van der Waals surface area contributed by atoms with Gasteiger partial charge in [-0.2, -0.15) is 0 Å². The second-order valence-electron chi connectivity index (χ2n) is 7.52. The first kappa shape index (κ1) is 15.3. The van der Waals surface area contributed by atoms with Crippen molar-refractivity contribution in [2.24, 2.45) is 5.41 Å². The third kappa shape index (κ3) is 2.98. The summed E-state index contributed by atoms with van der Waals surface area (Å²) in [5.74, 6) is 0. The minimum absolute atomic E-state index is 0.00202. The number of hydrogen-bond acceptors (Lipinski definition) is 2. The third-order valence-electron chi connectivity index (χ3n) is 5.28. The Kier molecular flexibility index (Phi) is 3.89. The zero-order valence-corrected chi connectivity index (χ0v) is 13.5. The average molecular weight is 302 g/mol. The summed E-state index contributed by atoms with van der Waals surface area (Å²) >= 11 is 0. The number of urea groups is 1. The Balaban J connectivity index is 1.57. The van der Waals surface area contributed by atoms with Gasteiger partial charge in [0.25, 0.3) is 0 Å². The molecular formula is C18H26N2O2. The van der Waals surface area contributed by atoms with Crippen molar-refractivity contribution in [1.82, 2.24) is 10.2 Å². The predicted octanol–water partition coefficient (Wildman–Crippen LogP) is 2.52. The SMILES string of the molecule is CC1(C)CN(C(=O)NCC2(c3ccccc3)CC2)CCC1O. The lowest BCUT2D eigenvalue weighted by Gasteiger charge is -2.41. The molecule has 1 aliphatic heterocycles. The number of aliphatic hydroxyl groups is 1. The Morgan fingerprint density at radius 2 is 2.00 bits per heavy atom. The zero-order valence-electron chi connectivity index (χ0n) is 13.5. The van der Waals surface area contributed by atoms with Crippen LogP contribution in [0.3, 0.4) is 0 Å². The molecule has 0 bridgehead atoms. The van der Waals surface area contributed by atoms with Gasteiger partial charge in [-0.1, -0.05) is 44.2 Å². The van der Waals surface area contributed by atoms with Crippen LogP contribution in [-0.4, -0.2) is 41.8 Å². The number of rotatable bonds is 3. The molecule has 1 saturated heterocycles. The topological polar surface area (TPSA) is 52.6 Å². The number of amides is 2. The molecule has 4 nitrogen and oxygen atoms in total. The zero-order chi connectivity index (χ0) is 15.8. The summed E-state index contributed by atoms with van der Waals surface area (Å²) in [6, 6.07) is 10.5. The van der Waals surface area contributed by atoms with Gasteiger partial charge in [-0.3, -0.25) is 0 Å². The molecule has 1 aliphatic carbocycles. The van der Waals surface area contributed by atoms with Gasteiger partial charge in [-0.05, 0) is 24.8 Å². The second-order valence-corrected chi connectivity index (χ2v) is 7.52. The molecule has 1 unspecified atom stereocenters. The van der Waals surface area contributed by atoms with E-state index in [2.05, 4.69) is 29.6 Å².